The maximum Gasteiger partial charge on any atom is 0.282 e. The van der Waals surface area contributed by atoms with Crippen molar-refractivity contribution in [2.45, 2.75) is 12.8 Å². The number of alkyl halides is 2. The van der Waals surface area contributed by atoms with Gasteiger partial charge in [0.1, 0.15) is 11.9 Å². The third-order valence-corrected chi connectivity index (χ3v) is 6.81. The van der Waals surface area contributed by atoms with Crippen molar-refractivity contribution < 1.29 is 22.7 Å². The number of halogens is 3. The summed E-state index contributed by atoms with van der Waals surface area (Å²) in [6.45, 7) is 3.93. The highest BCUT2D eigenvalue weighted by molar-refractivity contribution is 6.02. The van der Waals surface area contributed by atoms with Gasteiger partial charge in [-0.25, -0.2) is 23.1 Å². The molecule has 4 heterocycles. The number of aryl methyl sites for hydroxylation is 1. The van der Waals surface area contributed by atoms with Crippen molar-refractivity contribution in [2.24, 2.45) is 0 Å². The van der Waals surface area contributed by atoms with E-state index in [1.807, 2.05) is 24.3 Å². The Morgan fingerprint density at radius 1 is 1.08 bits per heavy atom. The summed E-state index contributed by atoms with van der Waals surface area (Å²) in [4.78, 5) is 28.0. The SMILES string of the molecule is Cc1cc2c(F)c(Oc3ncnc(Nc4ccc(N5CCNCC5)cc4)c3C(=O)N3CC(F)(F)C3)ccc2[nH]1. The van der Waals surface area contributed by atoms with Crippen LogP contribution in [-0.4, -0.2) is 71.0 Å². The lowest BCUT2D eigenvalue weighted by molar-refractivity contribution is -0.113. The Labute approximate surface area is 222 Å². The van der Waals surface area contributed by atoms with Gasteiger partial charge in [-0.15, -0.1) is 0 Å². The fraction of sp³-hybridized carbons (Fsp3) is 0.296. The molecule has 6 rings (SSSR count). The van der Waals surface area contributed by atoms with Crippen LogP contribution < -0.4 is 20.3 Å². The van der Waals surface area contributed by atoms with Gasteiger partial charge in [0.15, 0.2) is 17.4 Å². The number of carbonyl (C=O) groups excluding carboxylic acids is 1. The summed E-state index contributed by atoms with van der Waals surface area (Å²) < 4.78 is 48.3. The van der Waals surface area contributed by atoms with Gasteiger partial charge in [0.05, 0.1) is 13.1 Å². The molecule has 1 amide bonds. The number of nitrogens with zero attached hydrogens (tertiary/aromatic N) is 4. The summed E-state index contributed by atoms with van der Waals surface area (Å²) in [6, 6.07) is 12.3. The third kappa shape index (κ3) is 4.94. The van der Waals surface area contributed by atoms with Crippen LogP contribution >= 0.6 is 0 Å². The molecule has 2 saturated heterocycles. The first kappa shape index (κ1) is 25.0. The largest absolute Gasteiger partial charge is 0.435 e. The predicted molar refractivity (Wildman–Crippen MR) is 141 cm³/mol. The van der Waals surface area contributed by atoms with Gasteiger partial charge in [-0.1, -0.05) is 0 Å². The van der Waals surface area contributed by atoms with Gasteiger partial charge in [0, 0.05) is 54.2 Å². The number of benzene rings is 2. The molecule has 0 saturated carbocycles. The second-order valence-electron chi connectivity index (χ2n) is 9.72. The van der Waals surface area contributed by atoms with Crippen LogP contribution in [0, 0.1) is 12.7 Å². The summed E-state index contributed by atoms with van der Waals surface area (Å²) in [5.74, 6) is -4.68. The average molecular weight is 538 g/mol. The van der Waals surface area contributed by atoms with Gasteiger partial charge in [-0.3, -0.25) is 4.79 Å². The van der Waals surface area contributed by atoms with Gasteiger partial charge in [-0.05, 0) is 49.4 Å². The van der Waals surface area contributed by atoms with Crippen molar-refractivity contribution in [2.75, 3.05) is 49.5 Å². The van der Waals surface area contributed by atoms with E-state index in [1.165, 1.54) is 12.4 Å². The monoisotopic (exact) mass is 537 g/mol. The number of hydrogen-bond donors (Lipinski definition) is 3. The first-order valence-electron chi connectivity index (χ1n) is 12.6. The Hall–Kier alpha value is -4.32. The highest BCUT2D eigenvalue weighted by Gasteiger charge is 2.47. The minimum Gasteiger partial charge on any atom is -0.435 e. The minimum absolute atomic E-state index is 0.0640. The Bertz CT molecular complexity index is 1530. The van der Waals surface area contributed by atoms with Crippen LogP contribution in [0.5, 0.6) is 11.6 Å². The number of fused-ring (bicyclic) bond motifs is 1. The van der Waals surface area contributed by atoms with Crippen LogP contribution in [0.25, 0.3) is 10.9 Å². The number of anilines is 3. The molecule has 2 aromatic heterocycles. The van der Waals surface area contributed by atoms with Gasteiger partial charge < -0.3 is 30.2 Å². The lowest BCUT2D eigenvalue weighted by atomic mass is 10.1. The predicted octanol–water partition coefficient (Wildman–Crippen LogP) is 4.44. The Morgan fingerprint density at radius 3 is 2.54 bits per heavy atom. The number of H-pyrrole nitrogens is 1. The molecule has 39 heavy (non-hydrogen) atoms. The van der Waals surface area contributed by atoms with Crippen molar-refractivity contribution in [3.05, 3.63) is 65.9 Å². The van der Waals surface area contributed by atoms with Crippen molar-refractivity contribution in [3.63, 3.8) is 0 Å². The first-order valence-corrected chi connectivity index (χ1v) is 12.6. The quantitative estimate of drug-likeness (QED) is 0.335. The van der Waals surface area contributed by atoms with Crippen LogP contribution in [-0.2, 0) is 0 Å². The lowest BCUT2D eigenvalue weighted by Gasteiger charge is -2.38. The number of hydrogen-bond acceptors (Lipinski definition) is 7. The van der Waals surface area contributed by atoms with Crippen LogP contribution in [0.1, 0.15) is 16.1 Å². The number of rotatable bonds is 6. The maximum atomic E-state index is 15.3. The minimum atomic E-state index is -2.97. The molecule has 2 aliphatic heterocycles. The Morgan fingerprint density at radius 2 is 1.82 bits per heavy atom. The van der Waals surface area contributed by atoms with Gasteiger partial charge in [0.2, 0.25) is 5.88 Å². The summed E-state index contributed by atoms with van der Waals surface area (Å²) >= 11 is 0. The van der Waals surface area contributed by atoms with Crippen molar-refractivity contribution in [3.8, 4) is 11.6 Å². The highest BCUT2D eigenvalue weighted by atomic mass is 19.3. The smallest absolute Gasteiger partial charge is 0.282 e. The Kier molecular flexibility index (Phi) is 6.26. The number of aromatic amines is 1. The number of aromatic nitrogens is 3. The fourth-order valence-corrected chi connectivity index (χ4v) is 4.83. The zero-order valence-electron chi connectivity index (χ0n) is 21.1. The number of piperazine rings is 1. The lowest BCUT2D eigenvalue weighted by Crippen LogP contribution is -2.58. The molecule has 0 radical (unpaired) electrons. The number of ether oxygens (including phenoxy) is 1. The van der Waals surface area contributed by atoms with E-state index in [2.05, 4.69) is 30.5 Å². The van der Waals surface area contributed by atoms with Gasteiger partial charge in [0.25, 0.3) is 11.8 Å². The second-order valence-corrected chi connectivity index (χ2v) is 9.72. The molecule has 9 nitrogen and oxygen atoms in total. The summed E-state index contributed by atoms with van der Waals surface area (Å²) in [7, 11) is 0. The summed E-state index contributed by atoms with van der Waals surface area (Å²) in [5, 5.41) is 6.72. The molecule has 0 spiro atoms. The van der Waals surface area contributed by atoms with Crippen molar-refractivity contribution in [1.82, 2.24) is 25.2 Å². The van der Waals surface area contributed by atoms with Crippen molar-refractivity contribution >= 4 is 34.0 Å². The first-order chi connectivity index (χ1) is 18.8. The molecule has 12 heteroatoms. The average Bonchev–Trinajstić information content (AvgIpc) is 3.31. The van der Waals surface area contributed by atoms with E-state index in [4.69, 9.17) is 4.74 Å². The van der Waals surface area contributed by atoms with Gasteiger partial charge >= 0.3 is 0 Å². The van der Waals surface area contributed by atoms with Crippen LogP contribution in [0.15, 0.2) is 48.8 Å². The van der Waals surface area contributed by atoms with Crippen LogP contribution in [0.2, 0.25) is 0 Å². The molecule has 2 aromatic carbocycles. The molecular formula is C27H26F3N7O2. The van der Waals surface area contributed by atoms with E-state index in [0.29, 0.717) is 16.6 Å². The molecular weight excluding hydrogens is 511 g/mol. The zero-order chi connectivity index (χ0) is 27.1. The second kappa shape index (κ2) is 9.77. The molecule has 2 fully saturated rings. The fourth-order valence-electron chi connectivity index (χ4n) is 4.83. The highest BCUT2D eigenvalue weighted by Crippen LogP contribution is 2.36. The maximum absolute atomic E-state index is 15.3. The van der Waals surface area contributed by atoms with E-state index in [9.17, 15) is 13.6 Å². The van der Waals surface area contributed by atoms with Crippen molar-refractivity contribution in [1.29, 1.82) is 0 Å². The Balaban J connectivity index is 1.33. The zero-order valence-corrected chi connectivity index (χ0v) is 21.1. The third-order valence-electron chi connectivity index (χ3n) is 6.81. The molecule has 2 aliphatic rings. The molecule has 0 bridgehead atoms. The molecule has 3 N–H and O–H groups in total. The topological polar surface area (TPSA) is 98.4 Å². The summed E-state index contributed by atoms with van der Waals surface area (Å²) in [5.41, 5.74) is 2.87. The van der Waals surface area contributed by atoms with Crippen LogP contribution in [0.3, 0.4) is 0 Å². The molecule has 0 unspecified atom stereocenters. The molecule has 0 aliphatic carbocycles. The van der Waals surface area contributed by atoms with E-state index in [-0.39, 0.29) is 23.0 Å². The molecule has 4 aromatic rings. The van der Waals surface area contributed by atoms with E-state index < -0.39 is 30.7 Å². The molecule has 202 valence electrons. The van der Waals surface area contributed by atoms with E-state index in [1.54, 1.807) is 19.1 Å². The number of nitrogens with one attached hydrogen (secondary N) is 3. The standard InChI is InChI=1S/C27H26F3N7O2/c1-16-12-19-20(34-16)6-7-21(23(19)28)39-25-22(26(38)37-13-27(29,30)14-37)24(32-15-33-25)35-17-2-4-18(5-3-17)36-10-8-31-9-11-36/h2-7,12,15,31,34H,8-11,13-14H2,1H3,(H,32,33,35). The van der Waals surface area contributed by atoms with Gasteiger partial charge in [-0.2, -0.15) is 0 Å². The number of carbonyl (C=O) groups is 1. The number of amides is 1. The van der Waals surface area contributed by atoms with E-state index >= 15 is 4.39 Å². The normalized spacial score (nSPS) is 16.7. The van der Waals surface area contributed by atoms with E-state index in [0.717, 1.165) is 42.5 Å². The number of likely N-dealkylation sites (tertiary alicyclic amines) is 1. The summed E-state index contributed by atoms with van der Waals surface area (Å²) in [6.07, 6.45) is 1.17. The molecule has 0 atom stereocenters. The van der Waals surface area contributed by atoms with Crippen LogP contribution in [0.4, 0.5) is 30.4 Å².